The lowest BCUT2D eigenvalue weighted by molar-refractivity contribution is 0.00683. The average molecular weight is 615 g/mol. The molecule has 5 nitrogen and oxygen atoms in total. The number of ether oxygens (including phenoxy) is 2. The number of rotatable bonds is 7. The molecule has 1 aromatic heterocycles. The molecule has 0 fully saturated rings. The number of carbonyl (C=O) groups excluding carboxylic acids is 1. The fraction of sp³-hybridized carbons (Fsp3) is 0.312. The molecule has 3 aromatic carbocycles. The Kier molecular flexibility index (Phi) is 8.62. The molecule has 0 bridgehead atoms. The van der Waals surface area contributed by atoms with Crippen molar-refractivity contribution in [1.29, 1.82) is 0 Å². The molecule has 1 heterocycles. The van der Waals surface area contributed by atoms with Gasteiger partial charge in [0.15, 0.2) is 5.16 Å². The largest absolute Gasteiger partial charge is 0.495 e. The number of methoxy groups -OCH3 is 1. The molecule has 4 aromatic rings. The molecule has 0 aliphatic heterocycles. The van der Waals surface area contributed by atoms with Gasteiger partial charge in [-0.05, 0) is 94.1 Å². The summed E-state index contributed by atoms with van der Waals surface area (Å²) in [4.78, 5) is 17.3. The van der Waals surface area contributed by atoms with Crippen LogP contribution in [0, 0.1) is 17.5 Å². The van der Waals surface area contributed by atoms with Gasteiger partial charge in [-0.25, -0.2) is 22.9 Å². The van der Waals surface area contributed by atoms with Crippen LogP contribution in [0.3, 0.4) is 0 Å². The molecular weight excluding hydrogens is 585 g/mol. The van der Waals surface area contributed by atoms with E-state index in [1.54, 1.807) is 46.1 Å². The molecule has 1 atom stereocenters. The number of aromatic nitrogens is 2. The second-order valence-corrected chi connectivity index (χ2v) is 12.4. The minimum absolute atomic E-state index is 0.0617. The Hall–Kier alpha value is -3.43. The number of esters is 1. The van der Waals surface area contributed by atoms with Crippen LogP contribution in [0.15, 0.2) is 59.8 Å². The van der Waals surface area contributed by atoms with Crippen LogP contribution in [0.25, 0.3) is 5.69 Å². The monoisotopic (exact) mass is 614 g/mol. The quantitative estimate of drug-likeness (QED) is 0.154. The molecule has 0 spiro atoms. The van der Waals surface area contributed by atoms with E-state index in [0.29, 0.717) is 21.6 Å². The third-order valence-corrected chi connectivity index (χ3v) is 8.26. The van der Waals surface area contributed by atoms with Crippen molar-refractivity contribution in [2.45, 2.75) is 62.5 Å². The zero-order valence-corrected chi connectivity index (χ0v) is 25.2. The van der Waals surface area contributed by atoms with Gasteiger partial charge in [-0.15, -0.1) is 0 Å². The number of hydrogen-bond donors (Lipinski definition) is 0. The standard InChI is InChI=1S/C32H30ClF3N2O3S/c1-32(2,3)41-30(39)19-14-25(35)23(26(36)15-19)17-42-31-37-27-7-5-6-22(18-8-13-24(33)28(16-18)40-4)29(27)38(31)21-11-9-20(34)10-12-21/h8-16,22H,5-7,17H2,1-4H3. The van der Waals surface area contributed by atoms with Crippen molar-refractivity contribution in [2.75, 3.05) is 7.11 Å². The molecule has 1 aliphatic carbocycles. The Labute approximate surface area is 252 Å². The topological polar surface area (TPSA) is 53.4 Å². The molecule has 0 radical (unpaired) electrons. The van der Waals surface area contributed by atoms with Crippen LogP contribution in [-0.2, 0) is 16.9 Å². The number of imidazole rings is 1. The highest BCUT2D eigenvalue weighted by molar-refractivity contribution is 7.98. The van der Waals surface area contributed by atoms with E-state index in [4.69, 9.17) is 26.1 Å². The van der Waals surface area contributed by atoms with Crippen molar-refractivity contribution in [3.8, 4) is 11.4 Å². The Morgan fingerprint density at radius 3 is 2.40 bits per heavy atom. The third-order valence-electron chi connectivity index (χ3n) is 6.98. The van der Waals surface area contributed by atoms with Crippen molar-refractivity contribution in [1.82, 2.24) is 9.55 Å². The number of nitrogens with zero attached hydrogens (tertiary/aromatic N) is 2. The summed E-state index contributed by atoms with van der Waals surface area (Å²) in [5, 5.41) is 1.02. The second-order valence-electron chi connectivity index (χ2n) is 11.1. The number of halogens is 4. The van der Waals surface area contributed by atoms with Gasteiger partial charge in [0.05, 0.1) is 29.1 Å². The molecule has 5 rings (SSSR count). The molecule has 10 heteroatoms. The van der Waals surface area contributed by atoms with Crippen LogP contribution in [0.5, 0.6) is 5.75 Å². The average Bonchev–Trinajstić information content (AvgIpc) is 3.31. The molecule has 0 N–H and O–H groups in total. The van der Waals surface area contributed by atoms with E-state index >= 15 is 8.78 Å². The highest BCUT2D eigenvalue weighted by Crippen LogP contribution is 2.43. The van der Waals surface area contributed by atoms with E-state index in [1.807, 2.05) is 16.7 Å². The van der Waals surface area contributed by atoms with Gasteiger partial charge in [-0.3, -0.25) is 4.57 Å². The Morgan fingerprint density at radius 2 is 1.76 bits per heavy atom. The van der Waals surface area contributed by atoms with Crippen LogP contribution in [0.4, 0.5) is 13.2 Å². The second kappa shape index (κ2) is 12.1. The number of benzene rings is 3. The first-order valence-corrected chi connectivity index (χ1v) is 14.9. The van der Waals surface area contributed by atoms with Crippen LogP contribution >= 0.6 is 23.4 Å². The lowest BCUT2D eigenvalue weighted by Gasteiger charge is -2.26. The van der Waals surface area contributed by atoms with Gasteiger partial charge < -0.3 is 9.47 Å². The van der Waals surface area contributed by atoms with Gasteiger partial charge in [-0.1, -0.05) is 29.4 Å². The van der Waals surface area contributed by atoms with Gasteiger partial charge in [0.2, 0.25) is 0 Å². The molecule has 1 aliphatic rings. The Morgan fingerprint density at radius 1 is 1.07 bits per heavy atom. The lowest BCUT2D eigenvalue weighted by atomic mass is 9.84. The van der Waals surface area contributed by atoms with E-state index in [1.165, 1.54) is 23.9 Å². The van der Waals surface area contributed by atoms with Crippen molar-refractivity contribution in [3.63, 3.8) is 0 Å². The maximum Gasteiger partial charge on any atom is 0.338 e. The van der Waals surface area contributed by atoms with Gasteiger partial charge in [-0.2, -0.15) is 0 Å². The lowest BCUT2D eigenvalue weighted by Crippen LogP contribution is -2.24. The molecule has 42 heavy (non-hydrogen) atoms. The zero-order chi connectivity index (χ0) is 30.2. The molecule has 220 valence electrons. The smallest absolute Gasteiger partial charge is 0.338 e. The summed E-state index contributed by atoms with van der Waals surface area (Å²) < 4.78 is 56.8. The number of carbonyl (C=O) groups is 1. The Bertz CT molecular complexity index is 1610. The first-order valence-electron chi connectivity index (χ1n) is 13.5. The summed E-state index contributed by atoms with van der Waals surface area (Å²) in [5.74, 6) is -2.46. The van der Waals surface area contributed by atoms with E-state index in [0.717, 1.165) is 48.3 Å². The maximum atomic E-state index is 15.1. The van der Waals surface area contributed by atoms with Crippen LogP contribution in [0.1, 0.15) is 72.4 Å². The predicted octanol–water partition coefficient (Wildman–Crippen LogP) is 8.67. The summed E-state index contributed by atoms with van der Waals surface area (Å²) in [7, 11) is 1.56. The van der Waals surface area contributed by atoms with Gasteiger partial charge >= 0.3 is 5.97 Å². The molecule has 0 saturated carbocycles. The maximum absolute atomic E-state index is 15.1. The number of aryl methyl sites for hydroxylation is 1. The van der Waals surface area contributed by atoms with Crippen molar-refractivity contribution >= 4 is 29.3 Å². The number of fused-ring (bicyclic) bond motifs is 1. The predicted molar refractivity (Wildman–Crippen MR) is 157 cm³/mol. The highest BCUT2D eigenvalue weighted by Gasteiger charge is 2.31. The normalized spacial score (nSPS) is 14.9. The van der Waals surface area contributed by atoms with Crippen LogP contribution in [-0.4, -0.2) is 28.2 Å². The molecule has 0 saturated heterocycles. The minimum atomic E-state index is -0.848. The van der Waals surface area contributed by atoms with Crippen molar-refractivity contribution in [3.05, 3.63) is 105 Å². The van der Waals surface area contributed by atoms with Crippen LogP contribution < -0.4 is 4.74 Å². The Balaban J connectivity index is 1.53. The number of thioether (sulfide) groups is 1. The van der Waals surface area contributed by atoms with E-state index in [9.17, 15) is 9.18 Å². The molecule has 1 unspecified atom stereocenters. The number of hydrogen-bond acceptors (Lipinski definition) is 5. The summed E-state index contributed by atoms with van der Waals surface area (Å²) in [5.41, 5.74) is 2.29. The fourth-order valence-electron chi connectivity index (χ4n) is 5.09. The minimum Gasteiger partial charge on any atom is -0.495 e. The summed E-state index contributed by atoms with van der Waals surface area (Å²) >= 11 is 7.46. The SMILES string of the molecule is COc1cc(C2CCCc3nc(SCc4c(F)cc(C(=O)OC(C)(C)C)cc4F)n(-c4ccc(F)cc4)c32)ccc1Cl. The van der Waals surface area contributed by atoms with Gasteiger partial charge in [0.1, 0.15) is 28.8 Å². The first kappa shape index (κ1) is 30.0. The fourth-order valence-corrected chi connectivity index (χ4v) is 6.34. The summed E-state index contributed by atoms with van der Waals surface area (Å²) in [6, 6.07) is 13.7. The van der Waals surface area contributed by atoms with Gasteiger partial charge in [0.25, 0.3) is 0 Å². The van der Waals surface area contributed by atoms with Crippen LogP contribution in [0.2, 0.25) is 5.02 Å². The van der Waals surface area contributed by atoms with Crippen molar-refractivity contribution in [2.24, 2.45) is 0 Å². The first-order chi connectivity index (χ1) is 19.9. The summed E-state index contributed by atoms with van der Waals surface area (Å²) in [6.07, 6.45) is 2.46. The van der Waals surface area contributed by atoms with E-state index in [-0.39, 0.29) is 28.6 Å². The van der Waals surface area contributed by atoms with Crippen molar-refractivity contribution < 1.29 is 27.4 Å². The third kappa shape index (κ3) is 6.32. The van der Waals surface area contributed by atoms with E-state index in [2.05, 4.69) is 0 Å². The van der Waals surface area contributed by atoms with Gasteiger partial charge in [0, 0.05) is 22.9 Å². The molecule has 0 amide bonds. The highest BCUT2D eigenvalue weighted by atomic mass is 35.5. The molecular formula is C32H30ClF3N2O3S. The zero-order valence-electron chi connectivity index (χ0n) is 23.6. The van der Waals surface area contributed by atoms with E-state index < -0.39 is 23.2 Å². The summed E-state index contributed by atoms with van der Waals surface area (Å²) in [6.45, 7) is 5.04.